The molecule has 0 amide bonds. The summed E-state index contributed by atoms with van der Waals surface area (Å²) in [5.74, 6) is 0. The maximum absolute atomic E-state index is 11.5. The second-order valence-corrected chi connectivity index (χ2v) is 5.57. The van der Waals surface area contributed by atoms with Gasteiger partial charge in [0.25, 0.3) is 0 Å². The average molecular weight is 347 g/mol. The third-order valence-corrected chi connectivity index (χ3v) is 3.86. The molecule has 0 fully saturated rings. The highest BCUT2D eigenvalue weighted by atomic mass is 79.9. The van der Waals surface area contributed by atoms with Crippen molar-refractivity contribution in [2.45, 2.75) is 12.1 Å². The van der Waals surface area contributed by atoms with Gasteiger partial charge in [0.1, 0.15) is 0 Å². The van der Waals surface area contributed by atoms with Crippen molar-refractivity contribution in [2.24, 2.45) is 5.16 Å². The summed E-state index contributed by atoms with van der Waals surface area (Å²) in [4.78, 5) is 16.5. The first-order valence-corrected chi connectivity index (χ1v) is 7.14. The summed E-state index contributed by atoms with van der Waals surface area (Å²) in [5, 5.41) is 15.4. The van der Waals surface area contributed by atoms with Gasteiger partial charge in [-0.05, 0) is 12.1 Å². The first kappa shape index (κ1) is 13.8. The number of nitro groups is 1. The van der Waals surface area contributed by atoms with E-state index in [4.69, 9.17) is 4.84 Å². The van der Waals surface area contributed by atoms with Crippen LogP contribution < -0.4 is 0 Å². The fraction of sp³-hybridized carbons (Fsp3) is 0.133. The van der Waals surface area contributed by atoms with Crippen molar-refractivity contribution >= 4 is 21.6 Å². The Hall–Kier alpha value is -2.21. The predicted octanol–water partition coefficient (Wildman–Crippen LogP) is 3.57. The van der Waals surface area contributed by atoms with Crippen LogP contribution in [0.15, 0.2) is 64.2 Å². The zero-order valence-corrected chi connectivity index (χ0v) is 12.4. The highest BCUT2D eigenvalue weighted by Crippen LogP contribution is 2.32. The molecule has 0 N–H and O–H groups in total. The van der Waals surface area contributed by atoms with Crippen LogP contribution in [0.4, 0.5) is 0 Å². The minimum Gasteiger partial charge on any atom is -0.379 e. The zero-order valence-electron chi connectivity index (χ0n) is 10.8. The van der Waals surface area contributed by atoms with E-state index in [9.17, 15) is 10.1 Å². The Kier molecular flexibility index (Phi) is 3.70. The highest BCUT2D eigenvalue weighted by molar-refractivity contribution is 9.10. The Morgan fingerprint density at radius 2 is 1.76 bits per heavy atom. The minimum absolute atomic E-state index is 0.342. The Bertz CT molecular complexity index is 686. The van der Waals surface area contributed by atoms with E-state index >= 15 is 0 Å². The molecule has 0 bridgehead atoms. The topological polar surface area (TPSA) is 64.7 Å². The lowest BCUT2D eigenvalue weighted by Gasteiger charge is -2.12. The lowest BCUT2D eigenvalue weighted by Crippen LogP contribution is -2.32. The van der Waals surface area contributed by atoms with Gasteiger partial charge in [-0.2, -0.15) is 0 Å². The normalized spacial score (nSPS) is 20.7. The molecular weight excluding hydrogens is 336 g/mol. The SMILES string of the molecule is O=[N+]([O-])[C@H]1C(c2ccccc2)=NO[C@@H]1c1ccc(Br)cc1. The average Bonchev–Trinajstić information content (AvgIpc) is 2.94. The first-order valence-electron chi connectivity index (χ1n) is 6.35. The van der Waals surface area contributed by atoms with E-state index in [0.717, 1.165) is 10.0 Å². The van der Waals surface area contributed by atoms with E-state index in [1.54, 1.807) is 24.3 Å². The molecule has 21 heavy (non-hydrogen) atoms. The molecule has 6 heteroatoms. The standard InChI is InChI=1S/C15H11BrN2O3/c16-12-8-6-11(7-9-12)15-14(18(19)20)13(17-21-15)10-4-2-1-3-5-10/h1-9,14-15H/t14-,15+/m0/s1. The summed E-state index contributed by atoms with van der Waals surface area (Å²) < 4.78 is 0.908. The molecule has 0 radical (unpaired) electrons. The van der Waals surface area contributed by atoms with Crippen LogP contribution in [0.3, 0.4) is 0 Å². The number of nitrogens with zero attached hydrogens (tertiary/aromatic N) is 2. The van der Waals surface area contributed by atoms with Crippen LogP contribution >= 0.6 is 15.9 Å². The lowest BCUT2D eigenvalue weighted by atomic mass is 9.95. The molecule has 3 rings (SSSR count). The van der Waals surface area contributed by atoms with Crippen LogP contribution in [-0.2, 0) is 4.84 Å². The molecule has 0 unspecified atom stereocenters. The molecule has 0 spiro atoms. The monoisotopic (exact) mass is 346 g/mol. The Balaban J connectivity index is 1.95. The van der Waals surface area contributed by atoms with Crippen LogP contribution in [0.25, 0.3) is 0 Å². The van der Waals surface area contributed by atoms with Gasteiger partial charge in [-0.15, -0.1) is 0 Å². The summed E-state index contributed by atoms with van der Waals surface area (Å²) in [7, 11) is 0. The molecule has 1 aliphatic rings. The molecule has 106 valence electrons. The summed E-state index contributed by atoms with van der Waals surface area (Å²) in [6.45, 7) is 0. The maximum atomic E-state index is 11.5. The predicted molar refractivity (Wildman–Crippen MR) is 81.7 cm³/mol. The molecule has 2 aromatic rings. The first-order chi connectivity index (χ1) is 10.2. The van der Waals surface area contributed by atoms with Gasteiger partial charge in [-0.25, -0.2) is 0 Å². The summed E-state index contributed by atoms with van der Waals surface area (Å²) >= 11 is 3.34. The maximum Gasteiger partial charge on any atom is 0.301 e. The van der Waals surface area contributed by atoms with Gasteiger partial charge in [0.05, 0.1) is 0 Å². The van der Waals surface area contributed by atoms with Crippen molar-refractivity contribution in [1.82, 2.24) is 0 Å². The molecule has 0 saturated heterocycles. The molecule has 0 saturated carbocycles. The fourth-order valence-electron chi connectivity index (χ4n) is 2.31. The van der Waals surface area contributed by atoms with E-state index < -0.39 is 12.1 Å². The second-order valence-electron chi connectivity index (χ2n) is 4.65. The number of rotatable bonds is 3. The number of benzene rings is 2. The molecule has 2 atom stereocenters. The summed E-state index contributed by atoms with van der Waals surface area (Å²) in [6, 6.07) is 15.3. The smallest absolute Gasteiger partial charge is 0.301 e. The van der Waals surface area contributed by atoms with Crippen molar-refractivity contribution in [3.05, 3.63) is 80.3 Å². The van der Waals surface area contributed by atoms with Crippen molar-refractivity contribution in [2.75, 3.05) is 0 Å². The van der Waals surface area contributed by atoms with Gasteiger partial charge in [0.2, 0.25) is 6.10 Å². The highest BCUT2D eigenvalue weighted by Gasteiger charge is 2.45. The quantitative estimate of drug-likeness (QED) is 0.630. The zero-order chi connectivity index (χ0) is 14.8. The van der Waals surface area contributed by atoms with E-state index in [0.29, 0.717) is 11.3 Å². The van der Waals surface area contributed by atoms with Crippen LogP contribution in [0.5, 0.6) is 0 Å². The van der Waals surface area contributed by atoms with Crippen molar-refractivity contribution in [3.8, 4) is 0 Å². The molecule has 2 aromatic carbocycles. The molecule has 1 heterocycles. The van der Waals surface area contributed by atoms with Gasteiger partial charge in [0, 0.05) is 20.5 Å². The molecule has 0 aromatic heterocycles. The molecular formula is C15H11BrN2O3. The van der Waals surface area contributed by atoms with Gasteiger partial charge < -0.3 is 4.84 Å². The van der Waals surface area contributed by atoms with Crippen LogP contribution in [-0.4, -0.2) is 16.7 Å². The van der Waals surface area contributed by atoms with Gasteiger partial charge in [0.15, 0.2) is 5.71 Å². The third-order valence-electron chi connectivity index (χ3n) is 3.33. The van der Waals surface area contributed by atoms with Crippen LogP contribution in [0.1, 0.15) is 17.2 Å². The van der Waals surface area contributed by atoms with Crippen LogP contribution in [0.2, 0.25) is 0 Å². The number of halogens is 1. The van der Waals surface area contributed by atoms with Gasteiger partial charge in [-0.3, -0.25) is 10.1 Å². The number of hydrogen-bond donors (Lipinski definition) is 0. The Labute approximate surface area is 129 Å². The largest absolute Gasteiger partial charge is 0.379 e. The number of hydrogen-bond acceptors (Lipinski definition) is 4. The van der Waals surface area contributed by atoms with Crippen LogP contribution in [0, 0.1) is 10.1 Å². The molecule has 0 aliphatic carbocycles. The lowest BCUT2D eigenvalue weighted by molar-refractivity contribution is -0.512. The Morgan fingerprint density at radius 1 is 1.10 bits per heavy atom. The minimum atomic E-state index is -1.01. The van der Waals surface area contributed by atoms with Gasteiger partial charge >= 0.3 is 6.04 Å². The van der Waals surface area contributed by atoms with Gasteiger partial charge in [-0.1, -0.05) is 63.6 Å². The van der Waals surface area contributed by atoms with E-state index in [1.807, 2.05) is 30.3 Å². The van der Waals surface area contributed by atoms with Crippen molar-refractivity contribution in [1.29, 1.82) is 0 Å². The van der Waals surface area contributed by atoms with E-state index in [2.05, 4.69) is 21.1 Å². The van der Waals surface area contributed by atoms with Crippen molar-refractivity contribution < 1.29 is 9.76 Å². The number of oxime groups is 1. The second kappa shape index (κ2) is 5.65. The Morgan fingerprint density at radius 3 is 2.38 bits per heavy atom. The molecule has 1 aliphatic heterocycles. The summed E-state index contributed by atoms with van der Waals surface area (Å²) in [6.07, 6.45) is -0.705. The van der Waals surface area contributed by atoms with E-state index in [-0.39, 0.29) is 4.92 Å². The fourth-order valence-corrected chi connectivity index (χ4v) is 2.57. The molecule has 5 nitrogen and oxygen atoms in total. The van der Waals surface area contributed by atoms with Crippen molar-refractivity contribution in [3.63, 3.8) is 0 Å². The third kappa shape index (κ3) is 2.67. The van der Waals surface area contributed by atoms with E-state index in [1.165, 1.54) is 0 Å². The summed E-state index contributed by atoms with van der Waals surface area (Å²) in [5.41, 5.74) is 1.79.